The second-order valence-corrected chi connectivity index (χ2v) is 5.74. The fraction of sp³-hybridized carbons (Fsp3) is 0. The lowest BCUT2D eigenvalue weighted by molar-refractivity contribution is 0.111. The van der Waals surface area contributed by atoms with Crippen LogP contribution in [-0.2, 0) is 0 Å². The van der Waals surface area contributed by atoms with Crippen molar-refractivity contribution >= 4 is 34.4 Å². The molecular formula is C22H19N3O2. The maximum atomic E-state index is 10.3. The van der Waals surface area contributed by atoms with Crippen LogP contribution >= 0.6 is 0 Å². The van der Waals surface area contributed by atoms with Gasteiger partial charge in [-0.25, -0.2) is 0 Å². The Morgan fingerprint density at radius 3 is 1.37 bits per heavy atom. The average molecular weight is 357 g/mol. The number of hydrogen-bond acceptors (Lipinski definition) is 2. The molecule has 5 aromatic rings. The molecule has 0 aliphatic rings. The minimum Gasteiger partial charge on any atom is -0.368 e. The van der Waals surface area contributed by atoms with Gasteiger partial charge in [0.05, 0.1) is 11.4 Å². The first-order chi connectivity index (χ1) is 13.3. The molecule has 3 aromatic heterocycles. The number of aldehydes is 2. The summed E-state index contributed by atoms with van der Waals surface area (Å²) in [5.41, 5.74) is 3.28. The van der Waals surface area contributed by atoms with Crippen LogP contribution in [0.4, 0.5) is 0 Å². The molecule has 0 saturated carbocycles. The Labute approximate surface area is 156 Å². The summed E-state index contributed by atoms with van der Waals surface area (Å²) in [6, 6.07) is 23.2. The Kier molecular flexibility index (Phi) is 5.99. The predicted octanol–water partition coefficient (Wildman–Crippen LogP) is 4.98. The van der Waals surface area contributed by atoms with Crippen molar-refractivity contribution in [3.63, 3.8) is 0 Å². The van der Waals surface area contributed by atoms with Gasteiger partial charge in [-0.1, -0.05) is 36.4 Å². The molecule has 5 heteroatoms. The van der Waals surface area contributed by atoms with Crippen LogP contribution in [0.5, 0.6) is 0 Å². The number of aromatic nitrogens is 3. The summed E-state index contributed by atoms with van der Waals surface area (Å²) in [5.74, 6) is 0. The highest BCUT2D eigenvalue weighted by atomic mass is 16.1. The first kappa shape index (κ1) is 17.9. The number of aromatic amines is 3. The Morgan fingerprint density at radius 2 is 1.04 bits per heavy atom. The monoisotopic (exact) mass is 357 g/mol. The third-order valence-electron chi connectivity index (χ3n) is 3.85. The van der Waals surface area contributed by atoms with Crippen LogP contribution in [0.2, 0.25) is 0 Å². The van der Waals surface area contributed by atoms with Crippen LogP contribution in [0, 0.1) is 0 Å². The van der Waals surface area contributed by atoms with E-state index in [4.69, 9.17) is 0 Å². The summed E-state index contributed by atoms with van der Waals surface area (Å²) < 4.78 is 0. The van der Waals surface area contributed by atoms with Gasteiger partial charge in [-0.15, -0.1) is 0 Å². The molecule has 3 N–H and O–H groups in total. The zero-order valence-electron chi connectivity index (χ0n) is 14.6. The number of benzene rings is 2. The van der Waals surface area contributed by atoms with Gasteiger partial charge in [-0.05, 0) is 36.4 Å². The maximum Gasteiger partial charge on any atom is 0.166 e. The van der Waals surface area contributed by atoms with Gasteiger partial charge >= 0.3 is 0 Å². The van der Waals surface area contributed by atoms with Crippen molar-refractivity contribution in [1.82, 2.24) is 15.0 Å². The fourth-order valence-electron chi connectivity index (χ4n) is 2.60. The second kappa shape index (κ2) is 9.01. The summed E-state index contributed by atoms with van der Waals surface area (Å²) in [6.07, 6.45) is 5.39. The van der Waals surface area contributed by atoms with Gasteiger partial charge < -0.3 is 15.0 Å². The normalized spacial score (nSPS) is 9.78. The summed E-state index contributed by atoms with van der Waals surface area (Å²) in [7, 11) is 0. The lowest BCUT2D eigenvalue weighted by Crippen LogP contribution is -1.73. The molecule has 0 radical (unpaired) electrons. The third kappa shape index (κ3) is 4.83. The van der Waals surface area contributed by atoms with Crippen LogP contribution in [0.25, 0.3) is 21.8 Å². The van der Waals surface area contributed by atoms with E-state index in [-0.39, 0.29) is 0 Å². The van der Waals surface area contributed by atoms with Crippen LogP contribution in [0.3, 0.4) is 0 Å². The van der Waals surface area contributed by atoms with Crippen molar-refractivity contribution in [3.8, 4) is 0 Å². The molecule has 0 aliphatic carbocycles. The van der Waals surface area contributed by atoms with Crippen molar-refractivity contribution in [1.29, 1.82) is 0 Å². The van der Waals surface area contributed by atoms with E-state index in [9.17, 15) is 9.59 Å². The Morgan fingerprint density at radius 1 is 0.593 bits per heavy atom. The quantitative estimate of drug-likeness (QED) is 0.390. The molecular weight excluding hydrogens is 338 g/mol. The number of nitrogens with one attached hydrogen (secondary N) is 3. The van der Waals surface area contributed by atoms with E-state index >= 15 is 0 Å². The molecule has 0 spiro atoms. The number of carbonyl (C=O) groups is 2. The molecule has 2 aromatic carbocycles. The zero-order chi connectivity index (χ0) is 18.9. The van der Waals surface area contributed by atoms with E-state index in [2.05, 4.69) is 15.0 Å². The summed E-state index contributed by atoms with van der Waals surface area (Å²) >= 11 is 0. The zero-order valence-corrected chi connectivity index (χ0v) is 14.6. The van der Waals surface area contributed by atoms with Crippen molar-refractivity contribution < 1.29 is 9.59 Å². The summed E-state index contributed by atoms with van der Waals surface area (Å²) in [6.45, 7) is 0. The highest BCUT2D eigenvalue weighted by molar-refractivity contribution is 5.88. The van der Waals surface area contributed by atoms with Crippen molar-refractivity contribution in [2.24, 2.45) is 0 Å². The van der Waals surface area contributed by atoms with Crippen LogP contribution in [0.1, 0.15) is 21.0 Å². The minimum atomic E-state index is 0.631. The average Bonchev–Trinajstić information content (AvgIpc) is 3.48. The number of para-hydroxylation sites is 2. The molecule has 5 rings (SSSR count). The third-order valence-corrected chi connectivity index (χ3v) is 3.85. The van der Waals surface area contributed by atoms with Crippen LogP contribution in [0.15, 0.2) is 85.2 Å². The molecule has 134 valence electrons. The highest BCUT2D eigenvalue weighted by Gasteiger charge is 1.96. The molecule has 0 atom stereocenters. The maximum absolute atomic E-state index is 10.3. The summed E-state index contributed by atoms with van der Waals surface area (Å²) in [4.78, 5) is 29.5. The van der Waals surface area contributed by atoms with Gasteiger partial charge in [0, 0.05) is 34.2 Å². The molecule has 0 aliphatic heterocycles. The Hall–Kier alpha value is -3.86. The van der Waals surface area contributed by atoms with E-state index in [0.29, 0.717) is 11.4 Å². The van der Waals surface area contributed by atoms with E-state index < -0.39 is 0 Å². The molecule has 27 heavy (non-hydrogen) atoms. The standard InChI is InChI=1S/2C9H7NO.C4H5N/c2*11-6-8-5-7-3-1-2-4-9(7)10-8;1-2-4-5-3-1/h2*1-6,10H;1-5H. The Balaban J connectivity index is 0.000000125. The molecule has 0 saturated heterocycles. The van der Waals surface area contributed by atoms with E-state index in [1.54, 1.807) is 0 Å². The number of H-pyrrole nitrogens is 3. The van der Waals surface area contributed by atoms with Crippen LogP contribution < -0.4 is 0 Å². The number of hydrogen-bond donors (Lipinski definition) is 3. The van der Waals surface area contributed by atoms with Crippen molar-refractivity contribution in [2.75, 3.05) is 0 Å². The van der Waals surface area contributed by atoms with Crippen molar-refractivity contribution in [3.05, 3.63) is 96.6 Å². The molecule has 5 nitrogen and oxygen atoms in total. The largest absolute Gasteiger partial charge is 0.368 e. The van der Waals surface area contributed by atoms with E-state index in [1.807, 2.05) is 85.2 Å². The lowest BCUT2D eigenvalue weighted by Gasteiger charge is -1.83. The van der Waals surface area contributed by atoms with Gasteiger partial charge in [0.1, 0.15) is 0 Å². The number of rotatable bonds is 2. The summed E-state index contributed by atoms with van der Waals surface area (Å²) in [5, 5.41) is 2.16. The van der Waals surface area contributed by atoms with Gasteiger partial charge in [-0.2, -0.15) is 0 Å². The minimum absolute atomic E-state index is 0.631. The molecule has 0 amide bonds. The first-order valence-corrected chi connectivity index (χ1v) is 8.44. The SMILES string of the molecule is O=Cc1cc2ccccc2[nH]1.O=Cc1cc2ccccc2[nH]1.c1cc[nH]c1. The molecule has 0 fully saturated rings. The number of carbonyl (C=O) groups excluding carboxylic acids is 2. The topological polar surface area (TPSA) is 81.5 Å². The Bertz CT molecular complexity index is 960. The van der Waals surface area contributed by atoms with E-state index in [1.165, 1.54) is 0 Å². The number of fused-ring (bicyclic) bond motifs is 2. The molecule has 0 bridgehead atoms. The predicted molar refractivity (Wildman–Crippen MR) is 108 cm³/mol. The molecule has 0 unspecified atom stereocenters. The smallest absolute Gasteiger partial charge is 0.166 e. The first-order valence-electron chi connectivity index (χ1n) is 8.44. The van der Waals surface area contributed by atoms with E-state index in [0.717, 1.165) is 34.4 Å². The van der Waals surface area contributed by atoms with Gasteiger partial charge in [0.2, 0.25) is 0 Å². The van der Waals surface area contributed by atoms with Crippen LogP contribution in [-0.4, -0.2) is 27.5 Å². The van der Waals surface area contributed by atoms with Crippen molar-refractivity contribution in [2.45, 2.75) is 0 Å². The van der Waals surface area contributed by atoms with Gasteiger partial charge in [0.25, 0.3) is 0 Å². The fourth-order valence-corrected chi connectivity index (χ4v) is 2.60. The highest BCUT2D eigenvalue weighted by Crippen LogP contribution is 2.13. The van der Waals surface area contributed by atoms with Gasteiger partial charge in [-0.3, -0.25) is 9.59 Å². The molecule has 3 heterocycles. The van der Waals surface area contributed by atoms with Gasteiger partial charge in [0.15, 0.2) is 12.6 Å². The second-order valence-electron chi connectivity index (χ2n) is 5.74. The lowest BCUT2D eigenvalue weighted by atomic mass is 10.2.